The predicted octanol–water partition coefficient (Wildman–Crippen LogP) is 3.61. The van der Waals surface area contributed by atoms with E-state index in [0.29, 0.717) is 17.4 Å². The number of nitrogens with two attached hydrogens (primary N) is 2. The van der Waals surface area contributed by atoms with Gasteiger partial charge in [-0.1, -0.05) is 59.4 Å². The summed E-state index contributed by atoms with van der Waals surface area (Å²) >= 11 is 7.93. The van der Waals surface area contributed by atoms with Crippen LogP contribution >= 0.6 is 35.7 Å². The van der Waals surface area contributed by atoms with Gasteiger partial charge >= 0.3 is 0 Å². The van der Waals surface area contributed by atoms with E-state index in [1.165, 1.54) is 22.9 Å². The molecule has 6 N–H and O–H groups in total. The van der Waals surface area contributed by atoms with E-state index < -0.39 is 0 Å². The quantitative estimate of drug-likeness (QED) is 0.350. The number of thiocarbonyl (C=S) groups is 1. The summed E-state index contributed by atoms with van der Waals surface area (Å²) in [7, 11) is 0. The molecular formula is C17H20N4S3. The molecule has 0 atom stereocenters. The summed E-state index contributed by atoms with van der Waals surface area (Å²) in [5, 5.41) is 10.8. The van der Waals surface area contributed by atoms with Crippen LogP contribution in [0.3, 0.4) is 0 Å². The fourth-order valence-corrected chi connectivity index (χ4v) is 3.89. The van der Waals surface area contributed by atoms with Crippen molar-refractivity contribution in [2.45, 2.75) is 29.0 Å². The Hall–Kier alpha value is -1.70. The molecule has 2 aromatic rings. The molecule has 0 spiro atoms. The number of amidine groups is 1. The Balaban J connectivity index is 2.24. The second-order valence-corrected chi connectivity index (χ2v) is 7.73. The van der Waals surface area contributed by atoms with Gasteiger partial charge < -0.3 is 16.8 Å². The monoisotopic (exact) mass is 376 g/mol. The van der Waals surface area contributed by atoms with Gasteiger partial charge in [-0.15, -0.1) is 0 Å². The smallest absolute Gasteiger partial charge is 0.163 e. The van der Waals surface area contributed by atoms with Crippen LogP contribution in [-0.4, -0.2) is 10.3 Å². The normalized spacial score (nSPS) is 10.4. The average molecular weight is 377 g/mol. The molecular weight excluding hydrogens is 356 g/mol. The van der Waals surface area contributed by atoms with Crippen LogP contribution in [0.4, 0.5) is 0 Å². The number of hydrogen-bond acceptors (Lipinski definition) is 4. The summed E-state index contributed by atoms with van der Waals surface area (Å²) in [6, 6.07) is 14.5. The van der Waals surface area contributed by atoms with Gasteiger partial charge in [-0.2, -0.15) is 0 Å². The molecule has 0 saturated carbocycles. The van der Waals surface area contributed by atoms with Crippen LogP contribution < -0.4 is 16.8 Å². The zero-order chi connectivity index (χ0) is 17.5. The van der Waals surface area contributed by atoms with Crippen LogP contribution in [0.25, 0.3) is 0 Å². The Morgan fingerprint density at radius 2 is 1.83 bits per heavy atom. The van der Waals surface area contributed by atoms with Crippen LogP contribution in [-0.2, 0) is 12.3 Å². The van der Waals surface area contributed by atoms with Gasteiger partial charge in [0.2, 0.25) is 0 Å². The molecule has 0 fully saturated rings. The van der Waals surface area contributed by atoms with Gasteiger partial charge in [0.15, 0.2) is 10.3 Å². The maximum atomic E-state index is 7.42. The van der Waals surface area contributed by atoms with Crippen molar-refractivity contribution < 1.29 is 0 Å². The fourth-order valence-electron chi connectivity index (χ4n) is 2.13. The van der Waals surface area contributed by atoms with Gasteiger partial charge in [-0.05, 0) is 42.4 Å². The largest absolute Gasteiger partial charge is 0.379 e. The molecule has 0 unspecified atom stereocenters. The summed E-state index contributed by atoms with van der Waals surface area (Å²) in [5.74, 6) is 0.687. The first-order chi connectivity index (χ1) is 11.5. The standard InChI is InChI=1S/C17H20N4S3/c1-11-6-7-15(13(8-11)10-23-16(18)19)24-14-5-3-2-4-12(14)9-21-17(20)22/h2-8H,9-10H2,1H3,(H3,18,19)(H3,20,21,22). The highest BCUT2D eigenvalue weighted by atomic mass is 32.2. The fraction of sp³-hybridized carbons (Fsp3) is 0.176. The maximum absolute atomic E-state index is 7.42. The first-order valence-corrected chi connectivity index (χ1v) is 9.52. The van der Waals surface area contributed by atoms with Crippen LogP contribution in [0.2, 0.25) is 0 Å². The average Bonchev–Trinajstić information content (AvgIpc) is 2.54. The summed E-state index contributed by atoms with van der Waals surface area (Å²) in [5.41, 5.74) is 14.5. The van der Waals surface area contributed by atoms with Crippen LogP contribution in [0, 0.1) is 12.3 Å². The molecule has 2 aromatic carbocycles. The van der Waals surface area contributed by atoms with E-state index in [-0.39, 0.29) is 5.17 Å². The molecule has 0 saturated heterocycles. The third-order valence-corrected chi connectivity index (χ3v) is 5.39. The molecule has 0 radical (unpaired) electrons. The molecule has 0 amide bonds. The van der Waals surface area contributed by atoms with Crippen LogP contribution in [0.15, 0.2) is 52.3 Å². The number of rotatable bonds is 6. The van der Waals surface area contributed by atoms with Gasteiger partial charge in [0.25, 0.3) is 0 Å². The Morgan fingerprint density at radius 3 is 2.54 bits per heavy atom. The SMILES string of the molecule is Cc1ccc(Sc2ccccc2CNC(N)=S)c(CSC(=N)N)c1. The molecule has 2 rings (SSSR count). The zero-order valence-electron chi connectivity index (χ0n) is 13.3. The number of hydrogen-bond donors (Lipinski definition) is 4. The van der Waals surface area contributed by atoms with Crippen molar-refractivity contribution in [1.82, 2.24) is 5.32 Å². The van der Waals surface area contributed by atoms with Crippen molar-refractivity contribution in [3.05, 3.63) is 59.2 Å². The predicted molar refractivity (Wildman–Crippen MR) is 109 cm³/mol. The van der Waals surface area contributed by atoms with Crippen molar-refractivity contribution >= 4 is 46.0 Å². The molecule has 0 bridgehead atoms. The maximum Gasteiger partial charge on any atom is 0.163 e. The van der Waals surface area contributed by atoms with E-state index in [1.807, 2.05) is 12.1 Å². The van der Waals surface area contributed by atoms with Gasteiger partial charge in [-0.3, -0.25) is 5.41 Å². The van der Waals surface area contributed by atoms with E-state index >= 15 is 0 Å². The molecule has 7 heteroatoms. The second-order valence-electron chi connectivity index (χ2n) is 5.19. The molecule has 0 aliphatic carbocycles. The summed E-state index contributed by atoms with van der Waals surface area (Å²) < 4.78 is 0. The first-order valence-electron chi connectivity index (χ1n) is 7.31. The first kappa shape index (κ1) is 18.6. The van der Waals surface area contributed by atoms with Crippen molar-refractivity contribution in [2.75, 3.05) is 0 Å². The number of aryl methyl sites for hydroxylation is 1. The summed E-state index contributed by atoms with van der Waals surface area (Å²) in [6.07, 6.45) is 0. The van der Waals surface area contributed by atoms with Crippen molar-refractivity contribution in [3.8, 4) is 0 Å². The van der Waals surface area contributed by atoms with E-state index in [9.17, 15) is 0 Å². The van der Waals surface area contributed by atoms with E-state index in [0.717, 1.165) is 15.4 Å². The summed E-state index contributed by atoms with van der Waals surface area (Å²) in [4.78, 5) is 2.32. The lowest BCUT2D eigenvalue weighted by Crippen LogP contribution is -2.28. The van der Waals surface area contributed by atoms with Crippen LogP contribution in [0.1, 0.15) is 16.7 Å². The third-order valence-electron chi connectivity index (χ3n) is 3.24. The molecule has 0 heterocycles. The number of benzene rings is 2. The van der Waals surface area contributed by atoms with Crippen molar-refractivity contribution in [3.63, 3.8) is 0 Å². The molecule has 4 nitrogen and oxygen atoms in total. The minimum absolute atomic E-state index is 0.133. The van der Waals surface area contributed by atoms with E-state index in [2.05, 4.69) is 42.6 Å². The summed E-state index contributed by atoms with van der Waals surface area (Å²) in [6.45, 7) is 2.67. The topological polar surface area (TPSA) is 87.9 Å². The number of thioether (sulfide) groups is 1. The van der Waals surface area contributed by atoms with E-state index in [4.69, 9.17) is 29.1 Å². The minimum Gasteiger partial charge on any atom is -0.379 e. The lowest BCUT2D eigenvalue weighted by Gasteiger charge is -2.13. The van der Waals surface area contributed by atoms with Crippen molar-refractivity contribution in [1.29, 1.82) is 5.41 Å². The lowest BCUT2D eigenvalue weighted by molar-refractivity contribution is 0.897. The lowest BCUT2D eigenvalue weighted by atomic mass is 10.2. The Bertz CT molecular complexity index is 746. The van der Waals surface area contributed by atoms with Crippen LogP contribution in [0.5, 0.6) is 0 Å². The Morgan fingerprint density at radius 1 is 1.12 bits per heavy atom. The highest BCUT2D eigenvalue weighted by molar-refractivity contribution is 8.13. The third kappa shape index (κ3) is 5.74. The molecule has 126 valence electrons. The Labute approximate surface area is 156 Å². The van der Waals surface area contributed by atoms with Crippen molar-refractivity contribution in [2.24, 2.45) is 11.5 Å². The Kier molecular flexibility index (Phi) is 6.96. The molecule has 24 heavy (non-hydrogen) atoms. The second kappa shape index (κ2) is 8.96. The molecule has 0 aromatic heterocycles. The van der Waals surface area contributed by atoms with Gasteiger partial charge in [-0.25, -0.2) is 0 Å². The van der Waals surface area contributed by atoms with Gasteiger partial charge in [0.1, 0.15) is 0 Å². The zero-order valence-corrected chi connectivity index (χ0v) is 15.8. The number of nitrogens with one attached hydrogen (secondary N) is 2. The molecule has 0 aliphatic heterocycles. The minimum atomic E-state index is 0.133. The van der Waals surface area contributed by atoms with E-state index in [1.54, 1.807) is 11.8 Å². The highest BCUT2D eigenvalue weighted by Crippen LogP contribution is 2.34. The highest BCUT2D eigenvalue weighted by Gasteiger charge is 2.09. The van der Waals surface area contributed by atoms with Gasteiger partial charge in [0, 0.05) is 22.1 Å². The van der Waals surface area contributed by atoms with Gasteiger partial charge in [0.05, 0.1) is 0 Å². The molecule has 0 aliphatic rings.